The van der Waals surface area contributed by atoms with E-state index in [1.54, 1.807) is 11.1 Å². The molecule has 0 saturated heterocycles. The van der Waals surface area contributed by atoms with Crippen LogP contribution in [0.15, 0.2) is 54.1 Å². The first-order chi connectivity index (χ1) is 11.7. The molecule has 0 bridgehead atoms. The molecule has 126 valence electrons. The third kappa shape index (κ3) is 2.25. The Balaban J connectivity index is 1.40. The van der Waals surface area contributed by atoms with Gasteiger partial charge in [-0.25, -0.2) is 0 Å². The first-order valence-corrected chi connectivity index (χ1v) is 10.2. The predicted octanol–water partition coefficient (Wildman–Crippen LogP) is 6.51. The summed E-state index contributed by atoms with van der Waals surface area (Å²) < 4.78 is 0. The molecule has 1 aromatic rings. The van der Waals surface area contributed by atoms with E-state index < -0.39 is 0 Å². The highest BCUT2D eigenvalue weighted by Crippen LogP contribution is 2.59. The molecular formula is C24H30. The van der Waals surface area contributed by atoms with Crippen LogP contribution in [0.5, 0.6) is 0 Å². The van der Waals surface area contributed by atoms with Gasteiger partial charge in [-0.05, 0) is 79.1 Å². The van der Waals surface area contributed by atoms with Gasteiger partial charge in [-0.15, -0.1) is 0 Å². The second kappa shape index (κ2) is 5.61. The molecule has 6 atom stereocenters. The molecule has 24 heavy (non-hydrogen) atoms. The van der Waals surface area contributed by atoms with Crippen molar-refractivity contribution in [2.45, 2.75) is 57.8 Å². The molecule has 0 aromatic heterocycles. The lowest BCUT2D eigenvalue weighted by Crippen LogP contribution is -2.41. The third-order valence-corrected chi connectivity index (χ3v) is 7.96. The summed E-state index contributed by atoms with van der Waals surface area (Å²) in [5.74, 6) is 4.35. The zero-order valence-corrected chi connectivity index (χ0v) is 15.0. The Kier molecular flexibility index (Phi) is 3.51. The van der Waals surface area contributed by atoms with Gasteiger partial charge in [0.25, 0.3) is 0 Å². The van der Waals surface area contributed by atoms with Crippen LogP contribution in [-0.4, -0.2) is 0 Å². The summed E-state index contributed by atoms with van der Waals surface area (Å²) in [7, 11) is 0. The molecule has 0 nitrogen and oxygen atoms in total. The topological polar surface area (TPSA) is 0 Å². The maximum atomic E-state index is 2.68. The molecule has 4 aliphatic rings. The maximum Gasteiger partial charge on any atom is -0.0115 e. The van der Waals surface area contributed by atoms with Crippen molar-refractivity contribution >= 4 is 0 Å². The zero-order valence-electron chi connectivity index (χ0n) is 15.0. The van der Waals surface area contributed by atoms with Gasteiger partial charge in [-0.1, -0.05) is 67.5 Å². The minimum absolute atomic E-state index is 0.522. The molecule has 0 radical (unpaired) electrons. The smallest absolute Gasteiger partial charge is 0.0115 e. The molecular weight excluding hydrogens is 288 g/mol. The molecule has 0 heterocycles. The first kappa shape index (κ1) is 15.0. The molecule has 2 fully saturated rings. The predicted molar refractivity (Wildman–Crippen MR) is 101 cm³/mol. The average molecular weight is 319 g/mol. The van der Waals surface area contributed by atoms with Crippen LogP contribution in [-0.2, 0) is 0 Å². The van der Waals surface area contributed by atoms with E-state index in [2.05, 4.69) is 55.5 Å². The van der Waals surface area contributed by atoms with Crippen LogP contribution in [0.2, 0.25) is 0 Å². The number of allylic oxidation sites excluding steroid dienone is 4. The van der Waals surface area contributed by atoms with E-state index in [9.17, 15) is 0 Å². The summed E-state index contributed by atoms with van der Waals surface area (Å²) >= 11 is 0. The van der Waals surface area contributed by atoms with Crippen LogP contribution in [0.1, 0.15) is 63.4 Å². The number of benzene rings is 1. The highest BCUT2D eigenvalue weighted by molar-refractivity contribution is 5.29. The molecule has 1 aromatic carbocycles. The van der Waals surface area contributed by atoms with Crippen molar-refractivity contribution in [3.63, 3.8) is 0 Å². The lowest BCUT2D eigenvalue weighted by molar-refractivity contribution is 0.107. The van der Waals surface area contributed by atoms with Gasteiger partial charge in [0.2, 0.25) is 0 Å². The van der Waals surface area contributed by atoms with E-state index >= 15 is 0 Å². The van der Waals surface area contributed by atoms with E-state index in [4.69, 9.17) is 0 Å². The second-order valence-electron chi connectivity index (χ2n) is 9.12. The van der Waals surface area contributed by atoms with Crippen molar-refractivity contribution < 1.29 is 0 Å². The summed E-state index contributed by atoms with van der Waals surface area (Å²) in [6.07, 6.45) is 17.8. The Morgan fingerprint density at radius 2 is 1.92 bits per heavy atom. The molecule has 2 saturated carbocycles. The Hall–Kier alpha value is -1.30. The van der Waals surface area contributed by atoms with Crippen LogP contribution in [0.3, 0.4) is 0 Å². The summed E-state index contributed by atoms with van der Waals surface area (Å²) in [6, 6.07) is 11.2. The van der Waals surface area contributed by atoms with Gasteiger partial charge >= 0.3 is 0 Å². The van der Waals surface area contributed by atoms with Crippen molar-refractivity contribution in [3.05, 3.63) is 59.7 Å². The normalized spacial score (nSPS) is 43.5. The minimum atomic E-state index is 0.522. The molecule has 4 aliphatic carbocycles. The van der Waals surface area contributed by atoms with Crippen molar-refractivity contribution in [2.75, 3.05) is 0 Å². The Morgan fingerprint density at radius 1 is 1.04 bits per heavy atom. The van der Waals surface area contributed by atoms with Gasteiger partial charge in [0.15, 0.2) is 0 Å². The van der Waals surface area contributed by atoms with Crippen LogP contribution < -0.4 is 0 Å². The van der Waals surface area contributed by atoms with Gasteiger partial charge in [0.05, 0.1) is 0 Å². The fraction of sp³-hybridized carbons (Fsp3) is 0.583. The van der Waals surface area contributed by atoms with E-state index in [0.717, 1.165) is 29.6 Å². The number of hydrogen-bond donors (Lipinski definition) is 0. The quantitative estimate of drug-likeness (QED) is 0.518. The van der Waals surface area contributed by atoms with E-state index in [-0.39, 0.29) is 0 Å². The number of fused-ring (bicyclic) bond motifs is 5. The molecule has 0 heteroatoms. The van der Waals surface area contributed by atoms with E-state index in [0.29, 0.717) is 5.41 Å². The summed E-state index contributed by atoms with van der Waals surface area (Å²) in [5.41, 5.74) is 3.87. The standard InChI is InChI=1S/C24H30/c1-24-14-5-8-23(24)22-12-10-19-16-18(17-6-3-2-4-7-17)9-11-20(19)21(22)13-15-24/h2-4,6-7,10,13,15,18,20-23H,5,8-9,11-12,14,16H2,1H3/t18?,20-,21+,22+,23-,24-/m0/s1. The fourth-order valence-corrected chi connectivity index (χ4v) is 6.70. The minimum Gasteiger partial charge on any atom is -0.0847 e. The summed E-state index contributed by atoms with van der Waals surface area (Å²) in [5, 5.41) is 0. The molecule has 1 unspecified atom stereocenters. The Morgan fingerprint density at radius 3 is 2.79 bits per heavy atom. The van der Waals surface area contributed by atoms with Gasteiger partial charge in [-0.2, -0.15) is 0 Å². The van der Waals surface area contributed by atoms with Crippen molar-refractivity contribution in [1.82, 2.24) is 0 Å². The Labute approximate surface area is 147 Å². The zero-order chi connectivity index (χ0) is 16.1. The first-order valence-electron chi connectivity index (χ1n) is 10.2. The molecule has 5 rings (SSSR count). The monoisotopic (exact) mass is 318 g/mol. The van der Waals surface area contributed by atoms with Gasteiger partial charge < -0.3 is 0 Å². The highest BCUT2D eigenvalue weighted by atomic mass is 14.5. The number of hydrogen-bond acceptors (Lipinski definition) is 0. The van der Waals surface area contributed by atoms with E-state index in [1.807, 2.05) is 0 Å². The van der Waals surface area contributed by atoms with Crippen LogP contribution in [0.4, 0.5) is 0 Å². The average Bonchev–Trinajstić information content (AvgIpc) is 3.03. The Bertz CT molecular complexity index is 667. The van der Waals surface area contributed by atoms with Crippen molar-refractivity contribution in [3.8, 4) is 0 Å². The fourth-order valence-electron chi connectivity index (χ4n) is 6.70. The lowest BCUT2D eigenvalue weighted by atomic mass is 9.55. The maximum absolute atomic E-state index is 2.68. The number of rotatable bonds is 1. The molecule has 0 amide bonds. The largest absolute Gasteiger partial charge is 0.0847 e. The van der Waals surface area contributed by atoms with Crippen LogP contribution >= 0.6 is 0 Å². The second-order valence-corrected chi connectivity index (χ2v) is 9.12. The van der Waals surface area contributed by atoms with Crippen molar-refractivity contribution in [2.24, 2.45) is 29.1 Å². The SMILES string of the molecule is C[C@]12C=C[C@H]3[C@@H](CC=C4CC(c5ccccc5)CC[C@@H]43)[C@@H]1CCC2. The lowest BCUT2D eigenvalue weighted by Gasteiger charge is -2.49. The van der Waals surface area contributed by atoms with Gasteiger partial charge in [0.1, 0.15) is 0 Å². The van der Waals surface area contributed by atoms with Crippen LogP contribution in [0, 0.1) is 29.1 Å². The molecule has 0 aliphatic heterocycles. The van der Waals surface area contributed by atoms with Crippen LogP contribution in [0.25, 0.3) is 0 Å². The van der Waals surface area contributed by atoms with Crippen molar-refractivity contribution in [1.29, 1.82) is 0 Å². The van der Waals surface area contributed by atoms with Gasteiger partial charge in [-0.3, -0.25) is 0 Å². The van der Waals surface area contributed by atoms with Gasteiger partial charge in [0, 0.05) is 0 Å². The summed E-state index contributed by atoms with van der Waals surface area (Å²) in [6.45, 7) is 2.53. The molecule has 0 spiro atoms. The molecule has 0 N–H and O–H groups in total. The third-order valence-electron chi connectivity index (χ3n) is 7.96. The van der Waals surface area contributed by atoms with E-state index in [1.165, 1.54) is 44.9 Å². The highest BCUT2D eigenvalue weighted by Gasteiger charge is 2.49. The summed E-state index contributed by atoms with van der Waals surface area (Å²) in [4.78, 5) is 0.